The molecule has 0 aliphatic rings. The summed E-state index contributed by atoms with van der Waals surface area (Å²) in [6.45, 7) is 0.359. The minimum atomic E-state index is -0.385. The highest BCUT2D eigenvalue weighted by molar-refractivity contribution is 5.92. The number of hydrogen-bond acceptors (Lipinski definition) is 3. The van der Waals surface area contributed by atoms with Gasteiger partial charge < -0.3 is 14.5 Å². The van der Waals surface area contributed by atoms with Crippen LogP contribution in [0.3, 0.4) is 0 Å². The molecule has 0 saturated carbocycles. The van der Waals surface area contributed by atoms with E-state index in [1.165, 1.54) is 7.11 Å². The van der Waals surface area contributed by atoms with Crippen LogP contribution in [0.2, 0.25) is 0 Å². The first-order valence-electron chi connectivity index (χ1n) is 5.61. The number of methoxy groups -OCH3 is 2. The van der Waals surface area contributed by atoms with Crippen LogP contribution in [0.4, 0.5) is 0 Å². The molecule has 1 heterocycles. The Hall–Kier alpha value is -2.07. The largest absolute Gasteiger partial charge is 0.464 e. The van der Waals surface area contributed by atoms with E-state index >= 15 is 0 Å². The zero-order valence-electron chi connectivity index (χ0n) is 10.4. The molecule has 0 spiro atoms. The van der Waals surface area contributed by atoms with E-state index in [4.69, 9.17) is 9.47 Å². The van der Waals surface area contributed by atoms with Crippen molar-refractivity contribution in [2.45, 2.75) is 6.61 Å². The molecule has 0 unspecified atom stereocenters. The molecule has 1 N–H and O–H groups in total. The fourth-order valence-corrected chi connectivity index (χ4v) is 1.91. The number of esters is 1. The summed E-state index contributed by atoms with van der Waals surface area (Å²) in [6.07, 6.45) is 1.80. The second-order valence-corrected chi connectivity index (χ2v) is 3.85. The number of carbonyl (C=O) groups excluding carboxylic acids is 1. The Morgan fingerprint density at radius 1 is 1.22 bits per heavy atom. The molecule has 0 radical (unpaired) electrons. The van der Waals surface area contributed by atoms with Gasteiger partial charge in [-0.15, -0.1) is 0 Å². The number of hydrogen-bond donors (Lipinski definition) is 1. The van der Waals surface area contributed by atoms with Crippen molar-refractivity contribution in [3.05, 3.63) is 47.8 Å². The maximum atomic E-state index is 11.6. The highest BCUT2D eigenvalue weighted by Crippen LogP contribution is 2.27. The number of benzene rings is 1. The van der Waals surface area contributed by atoms with Crippen LogP contribution in [0.1, 0.15) is 16.1 Å². The molecule has 0 fully saturated rings. The van der Waals surface area contributed by atoms with Crippen LogP contribution in [0.15, 0.2) is 36.5 Å². The van der Waals surface area contributed by atoms with E-state index in [2.05, 4.69) is 4.98 Å². The molecule has 18 heavy (non-hydrogen) atoms. The molecule has 4 nitrogen and oxygen atoms in total. The summed E-state index contributed by atoms with van der Waals surface area (Å²) in [6, 6.07) is 9.84. The van der Waals surface area contributed by atoms with Gasteiger partial charge in [0.1, 0.15) is 5.69 Å². The van der Waals surface area contributed by atoms with Crippen LogP contribution < -0.4 is 0 Å². The standard InChI is InChI=1S/C14H15NO3/c1-17-9-12-11(10-6-4-3-5-7-10)8-15-13(12)14(16)18-2/h3-8,15H,9H2,1-2H3. The Morgan fingerprint density at radius 3 is 2.56 bits per heavy atom. The number of aromatic amines is 1. The van der Waals surface area contributed by atoms with Crippen molar-refractivity contribution in [2.75, 3.05) is 14.2 Å². The fraction of sp³-hybridized carbons (Fsp3) is 0.214. The molecule has 2 rings (SSSR count). The second kappa shape index (κ2) is 5.51. The summed E-state index contributed by atoms with van der Waals surface area (Å²) in [4.78, 5) is 14.6. The van der Waals surface area contributed by atoms with E-state index in [9.17, 15) is 4.79 Å². The summed E-state index contributed by atoms with van der Waals surface area (Å²) < 4.78 is 9.90. The molecule has 0 bridgehead atoms. The van der Waals surface area contributed by atoms with E-state index in [-0.39, 0.29) is 5.97 Å². The zero-order chi connectivity index (χ0) is 13.0. The van der Waals surface area contributed by atoms with Crippen molar-refractivity contribution in [3.63, 3.8) is 0 Å². The average molecular weight is 245 g/mol. The first kappa shape index (κ1) is 12.4. The summed E-state index contributed by atoms with van der Waals surface area (Å²) >= 11 is 0. The summed E-state index contributed by atoms with van der Waals surface area (Å²) in [5.41, 5.74) is 3.25. The number of aromatic nitrogens is 1. The van der Waals surface area contributed by atoms with E-state index in [1.807, 2.05) is 30.3 Å². The third kappa shape index (κ3) is 2.28. The van der Waals surface area contributed by atoms with Crippen molar-refractivity contribution in [3.8, 4) is 11.1 Å². The van der Waals surface area contributed by atoms with E-state index in [0.29, 0.717) is 12.3 Å². The Bertz CT molecular complexity index is 531. The van der Waals surface area contributed by atoms with Crippen molar-refractivity contribution < 1.29 is 14.3 Å². The van der Waals surface area contributed by atoms with Crippen LogP contribution in [0.5, 0.6) is 0 Å². The van der Waals surface area contributed by atoms with Gasteiger partial charge in [0.15, 0.2) is 0 Å². The Kier molecular flexibility index (Phi) is 3.79. The number of nitrogens with one attached hydrogen (secondary N) is 1. The first-order valence-corrected chi connectivity index (χ1v) is 5.61. The number of ether oxygens (including phenoxy) is 2. The number of carbonyl (C=O) groups is 1. The lowest BCUT2D eigenvalue weighted by Crippen LogP contribution is -2.06. The summed E-state index contributed by atoms with van der Waals surface area (Å²) in [7, 11) is 2.96. The van der Waals surface area contributed by atoms with Crippen LogP contribution in [0, 0.1) is 0 Å². The maximum Gasteiger partial charge on any atom is 0.354 e. The highest BCUT2D eigenvalue weighted by Gasteiger charge is 2.18. The predicted molar refractivity (Wildman–Crippen MR) is 68.3 cm³/mol. The zero-order valence-corrected chi connectivity index (χ0v) is 10.4. The van der Waals surface area contributed by atoms with Gasteiger partial charge in [0.25, 0.3) is 0 Å². The predicted octanol–water partition coefficient (Wildman–Crippen LogP) is 2.61. The summed E-state index contributed by atoms with van der Waals surface area (Å²) in [5, 5.41) is 0. The van der Waals surface area contributed by atoms with Crippen molar-refractivity contribution in [2.24, 2.45) is 0 Å². The molecule has 0 saturated heterocycles. The third-order valence-electron chi connectivity index (χ3n) is 2.75. The molecule has 1 aromatic carbocycles. The van der Waals surface area contributed by atoms with Crippen molar-refractivity contribution in [1.29, 1.82) is 0 Å². The molecule has 94 valence electrons. The Balaban J connectivity index is 2.48. The average Bonchev–Trinajstić information content (AvgIpc) is 2.83. The van der Waals surface area contributed by atoms with Gasteiger partial charge in [0, 0.05) is 24.4 Å². The molecule has 0 atom stereocenters. The van der Waals surface area contributed by atoms with Crippen molar-refractivity contribution in [1.82, 2.24) is 4.98 Å². The van der Waals surface area contributed by atoms with Gasteiger partial charge in [-0.2, -0.15) is 0 Å². The van der Waals surface area contributed by atoms with Gasteiger partial charge in [-0.1, -0.05) is 30.3 Å². The minimum Gasteiger partial charge on any atom is -0.464 e. The third-order valence-corrected chi connectivity index (χ3v) is 2.75. The van der Waals surface area contributed by atoms with Crippen LogP contribution in [-0.2, 0) is 16.1 Å². The smallest absolute Gasteiger partial charge is 0.354 e. The lowest BCUT2D eigenvalue weighted by atomic mass is 10.0. The normalized spacial score (nSPS) is 10.3. The topological polar surface area (TPSA) is 51.3 Å². The lowest BCUT2D eigenvalue weighted by molar-refractivity contribution is 0.0590. The van der Waals surface area contributed by atoms with E-state index < -0.39 is 0 Å². The Morgan fingerprint density at radius 2 is 1.94 bits per heavy atom. The first-order chi connectivity index (χ1) is 8.77. The maximum absolute atomic E-state index is 11.6. The quantitative estimate of drug-likeness (QED) is 0.842. The second-order valence-electron chi connectivity index (χ2n) is 3.85. The molecular formula is C14H15NO3. The van der Waals surface area contributed by atoms with Gasteiger partial charge in [-0.25, -0.2) is 4.79 Å². The molecule has 2 aromatic rings. The van der Waals surface area contributed by atoms with Crippen LogP contribution >= 0.6 is 0 Å². The molecule has 0 aliphatic heterocycles. The van der Waals surface area contributed by atoms with Gasteiger partial charge in [-0.3, -0.25) is 0 Å². The van der Waals surface area contributed by atoms with Gasteiger partial charge in [0.05, 0.1) is 13.7 Å². The fourth-order valence-electron chi connectivity index (χ4n) is 1.91. The van der Waals surface area contributed by atoms with Crippen LogP contribution in [0.25, 0.3) is 11.1 Å². The van der Waals surface area contributed by atoms with E-state index in [0.717, 1.165) is 16.7 Å². The number of rotatable bonds is 4. The monoisotopic (exact) mass is 245 g/mol. The van der Waals surface area contributed by atoms with E-state index in [1.54, 1.807) is 13.3 Å². The SMILES string of the molecule is COCc1c(-c2ccccc2)c[nH]c1C(=O)OC. The lowest BCUT2D eigenvalue weighted by Gasteiger charge is -2.05. The molecule has 1 aromatic heterocycles. The number of H-pyrrole nitrogens is 1. The summed E-state index contributed by atoms with van der Waals surface area (Å²) in [5.74, 6) is -0.385. The molecule has 0 aliphatic carbocycles. The molecule has 0 amide bonds. The Labute approximate surface area is 106 Å². The van der Waals surface area contributed by atoms with Gasteiger partial charge in [0.2, 0.25) is 0 Å². The van der Waals surface area contributed by atoms with Gasteiger partial charge in [-0.05, 0) is 5.56 Å². The minimum absolute atomic E-state index is 0.359. The van der Waals surface area contributed by atoms with Crippen LogP contribution in [-0.4, -0.2) is 25.2 Å². The highest BCUT2D eigenvalue weighted by atomic mass is 16.5. The molecule has 4 heteroatoms. The van der Waals surface area contributed by atoms with Crippen molar-refractivity contribution >= 4 is 5.97 Å². The molecular weight excluding hydrogens is 230 g/mol. The van der Waals surface area contributed by atoms with Gasteiger partial charge >= 0.3 is 5.97 Å².